The molecule has 1 aliphatic rings. The highest BCUT2D eigenvalue weighted by Gasteiger charge is 2.34. The summed E-state index contributed by atoms with van der Waals surface area (Å²) in [7, 11) is 0. The highest BCUT2D eigenvalue weighted by molar-refractivity contribution is 5.77. The third kappa shape index (κ3) is 2.74. The van der Waals surface area contributed by atoms with Crippen LogP contribution in [0.15, 0.2) is 0 Å². The first-order chi connectivity index (χ1) is 6.56. The van der Waals surface area contributed by atoms with E-state index in [0.717, 1.165) is 6.42 Å². The maximum Gasteiger partial charge on any atom is 0.220 e. The molecule has 1 aliphatic heterocycles. The van der Waals surface area contributed by atoms with Crippen molar-refractivity contribution in [3.63, 3.8) is 0 Å². The van der Waals surface area contributed by atoms with Crippen LogP contribution in [-0.2, 0) is 4.79 Å². The number of carbonyl (C=O) groups excluding carboxylic acids is 1. The molecule has 1 heterocycles. The molecule has 0 aromatic rings. The predicted molar refractivity (Wildman–Crippen MR) is 56.7 cm³/mol. The SMILES string of the molecule is CC#CCNC1CCC(=O)NC1(C)C. The zero-order chi connectivity index (χ0) is 10.6. The Bertz CT molecular complexity index is 273. The van der Waals surface area contributed by atoms with Crippen molar-refractivity contribution in [3.8, 4) is 11.8 Å². The van der Waals surface area contributed by atoms with Crippen molar-refractivity contribution in [1.29, 1.82) is 0 Å². The molecular formula is C11H18N2O. The second kappa shape index (κ2) is 4.47. The lowest BCUT2D eigenvalue weighted by Gasteiger charge is -2.39. The number of rotatable bonds is 2. The minimum absolute atomic E-state index is 0.148. The quantitative estimate of drug-likeness (QED) is 0.634. The van der Waals surface area contributed by atoms with Crippen molar-refractivity contribution < 1.29 is 4.79 Å². The first kappa shape index (κ1) is 11.1. The molecule has 1 rings (SSSR count). The van der Waals surface area contributed by atoms with E-state index in [9.17, 15) is 4.79 Å². The molecule has 3 heteroatoms. The van der Waals surface area contributed by atoms with Gasteiger partial charge in [0.1, 0.15) is 0 Å². The normalized spacial score (nSPS) is 24.8. The summed E-state index contributed by atoms with van der Waals surface area (Å²) >= 11 is 0. The predicted octanol–water partition coefficient (Wildman–Crippen LogP) is 0.656. The highest BCUT2D eigenvalue weighted by atomic mass is 16.1. The van der Waals surface area contributed by atoms with Crippen LogP contribution in [0.4, 0.5) is 0 Å². The second-order valence-electron chi connectivity index (χ2n) is 4.17. The van der Waals surface area contributed by atoms with Gasteiger partial charge in [0.05, 0.1) is 6.54 Å². The van der Waals surface area contributed by atoms with Crippen molar-refractivity contribution in [1.82, 2.24) is 10.6 Å². The Morgan fingerprint density at radius 3 is 2.93 bits per heavy atom. The molecule has 1 fully saturated rings. The van der Waals surface area contributed by atoms with Gasteiger partial charge in [-0.05, 0) is 27.2 Å². The molecule has 14 heavy (non-hydrogen) atoms. The lowest BCUT2D eigenvalue weighted by Crippen LogP contribution is -2.61. The van der Waals surface area contributed by atoms with Crippen molar-refractivity contribution in [2.75, 3.05) is 6.54 Å². The summed E-state index contributed by atoms with van der Waals surface area (Å²) in [5.74, 6) is 5.96. The van der Waals surface area contributed by atoms with E-state index in [0.29, 0.717) is 19.0 Å². The van der Waals surface area contributed by atoms with Crippen LogP contribution in [0.25, 0.3) is 0 Å². The molecule has 1 unspecified atom stereocenters. The molecule has 0 aromatic heterocycles. The maximum absolute atomic E-state index is 11.2. The number of piperidine rings is 1. The first-order valence-electron chi connectivity index (χ1n) is 5.00. The Labute approximate surface area is 85.6 Å². The fourth-order valence-electron chi connectivity index (χ4n) is 1.77. The first-order valence-corrected chi connectivity index (χ1v) is 5.00. The third-order valence-electron chi connectivity index (χ3n) is 2.61. The molecule has 0 spiro atoms. The summed E-state index contributed by atoms with van der Waals surface area (Å²) in [5, 5.41) is 6.33. The Morgan fingerprint density at radius 1 is 1.64 bits per heavy atom. The van der Waals surface area contributed by atoms with Crippen LogP contribution in [0, 0.1) is 11.8 Å². The van der Waals surface area contributed by atoms with E-state index in [1.165, 1.54) is 0 Å². The zero-order valence-corrected chi connectivity index (χ0v) is 9.11. The molecule has 0 aromatic carbocycles. The van der Waals surface area contributed by atoms with Gasteiger partial charge in [0, 0.05) is 18.0 Å². The van der Waals surface area contributed by atoms with Crippen LogP contribution in [0.2, 0.25) is 0 Å². The highest BCUT2D eigenvalue weighted by Crippen LogP contribution is 2.19. The van der Waals surface area contributed by atoms with E-state index in [1.807, 2.05) is 20.8 Å². The van der Waals surface area contributed by atoms with Gasteiger partial charge in [-0.2, -0.15) is 0 Å². The van der Waals surface area contributed by atoms with E-state index < -0.39 is 0 Å². The number of nitrogens with one attached hydrogen (secondary N) is 2. The van der Waals surface area contributed by atoms with Gasteiger partial charge in [-0.15, -0.1) is 5.92 Å². The van der Waals surface area contributed by atoms with Crippen LogP contribution >= 0.6 is 0 Å². The minimum Gasteiger partial charge on any atom is -0.350 e. The monoisotopic (exact) mass is 194 g/mol. The van der Waals surface area contributed by atoms with Crippen molar-refractivity contribution in [3.05, 3.63) is 0 Å². The molecule has 0 saturated carbocycles. The molecule has 3 nitrogen and oxygen atoms in total. The van der Waals surface area contributed by atoms with Gasteiger partial charge >= 0.3 is 0 Å². The van der Waals surface area contributed by atoms with Crippen LogP contribution < -0.4 is 10.6 Å². The van der Waals surface area contributed by atoms with E-state index in [4.69, 9.17) is 0 Å². The van der Waals surface area contributed by atoms with Gasteiger partial charge in [-0.25, -0.2) is 0 Å². The van der Waals surface area contributed by atoms with Gasteiger partial charge in [0.2, 0.25) is 5.91 Å². The lowest BCUT2D eigenvalue weighted by atomic mass is 9.87. The van der Waals surface area contributed by atoms with Gasteiger partial charge in [-0.1, -0.05) is 5.92 Å². The van der Waals surface area contributed by atoms with Crippen LogP contribution in [0.3, 0.4) is 0 Å². The van der Waals surface area contributed by atoms with Crippen LogP contribution in [-0.4, -0.2) is 24.0 Å². The summed E-state index contributed by atoms with van der Waals surface area (Å²) in [6, 6.07) is 0.320. The van der Waals surface area contributed by atoms with Crippen LogP contribution in [0.5, 0.6) is 0 Å². The molecule has 78 valence electrons. The van der Waals surface area contributed by atoms with Gasteiger partial charge in [-0.3, -0.25) is 4.79 Å². The molecule has 2 N–H and O–H groups in total. The fraction of sp³-hybridized carbons (Fsp3) is 0.727. The maximum atomic E-state index is 11.2. The molecule has 1 atom stereocenters. The Kier molecular flexibility index (Phi) is 3.54. The Morgan fingerprint density at radius 2 is 2.36 bits per heavy atom. The van der Waals surface area contributed by atoms with Crippen molar-refractivity contribution in [2.24, 2.45) is 0 Å². The van der Waals surface area contributed by atoms with E-state index in [-0.39, 0.29) is 11.4 Å². The molecule has 0 radical (unpaired) electrons. The second-order valence-corrected chi connectivity index (χ2v) is 4.17. The Hall–Kier alpha value is -1.01. The van der Waals surface area contributed by atoms with Gasteiger partial charge < -0.3 is 10.6 Å². The van der Waals surface area contributed by atoms with Gasteiger partial charge in [0.25, 0.3) is 0 Å². The summed E-state index contributed by atoms with van der Waals surface area (Å²) in [5.41, 5.74) is -0.162. The molecule has 0 bridgehead atoms. The number of amides is 1. The van der Waals surface area contributed by atoms with Gasteiger partial charge in [0.15, 0.2) is 0 Å². The van der Waals surface area contributed by atoms with Crippen molar-refractivity contribution in [2.45, 2.75) is 45.2 Å². The standard InChI is InChI=1S/C11H18N2O/c1-4-5-8-12-9-6-7-10(14)13-11(9,2)3/h9,12H,6-8H2,1-3H3,(H,13,14). The zero-order valence-electron chi connectivity index (χ0n) is 9.11. The molecule has 1 saturated heterocycles. The summed E-state index contributed by atoms with van der Waals surface area (Å²) in [6.45, 7) is 6.61. The van der Waals surface area contributed by atoms with Crippen molar-refractivity contribution >= 4 is 5.91 Å². The summed E-state index contributed by atoms with van der Waals surface area (Å²) in [6.07, 6.45) is 1.50. The number of hydrogen-bond acceptors (Lipinski definition) is 2. The van der Waals surface area contributed by atoms with E-state index in [2.05, 4.69) is 22.5 Å². The topological polar surface area (TPSA) is 41.1 Å². The van der Waals surface area contributed by atoms with Crippen LogP contribution in [0.1, 0.15) is 33.6 Å². The number of hydrogen-bond donors (Lipinski definition) is 2. The molecule has 1 amide bonds. The molecule has 0 aliphatic carbocycles. The summed E-state index contributed by atoms with van der Waals surface area (Å²) < 4.78 is 0. The van der Waals surface area contributed by atoms with E-state index >= 15 is 0 Å². The largest absolute Gasteiger partial charge is 0.350 e. The molecular weight excluding hydrogens is 176 g/mol. The Balaban J connectivity index is 2.50. The smallest absolute Gasteiger partial charge is 0.220 e. The average Bonchev–Trinajstić information content (AvgIpc) is 2.08. The average molecular weight is 194 g/mol. The number of carbonyl (C=O) groups is 1. The lowest BCUT2D eigenvalue weighted by molar-refractivity contribution is -0.125. The fourth-order valence-corrected chi connectivity index (χ4v) is 1.77. The van der Waals surface area contributed by atoms with E-state index in [1.54, 1.807) is 0 Å². The summed E-state index contributed by atoms with van der Waals surface area (Å²) in [4.78, 5) is 11.2. The minimum atomic E-state index is -0.162. The third-order valence-corrected chi connectivity index (χ3v) is 2.61.